The van der Waals surface area contributed by atoms with Gasteiger partial charge in [-0.1, -0.05) is 0 Å². The summed E-state index contributed by atoms with van der Waals surface area (Å²) >= 11 is 11.0. The first-order valence-corrected chi connectivity index (χ1v) is 5.41. The zero-order valence-electron chi connectivity index (χ0n) is 7.71. The van der Waals surface area contributed by atoms with Crippen LogP contribution in [0.2, 0.25) is 0 Å². The minimum Gasteiger partial charge on any atom is -0.492 e. The van der Waals surface area contributed by atoms with E-state index < -0.39 is 0 Å². The molecule has 0 N–H and O–H groups in total. The van der Waals surface area contributed by atoms with Crippen molar-refractivity contribution in [1.29, 1.82) is 0 Å². The first-order valence-electron chi connectivity index (χ1n) is 4.34. The predicted octanol–water partition coefficient (Wildman–Crippen LogP) is 2.92. The van der Waals surface area contributed by atoms with E-state index in [0.717, 1.165) is 11.5 Å². The molecular weight excluding hydrogens is 223 g/mol. The van der Waals surface area contributed by atoms with Crippen LogP contribution in [0.4, 0.5) is 0 Å². The van der Waals surface area contributed by atoms with Crippen LogP contribution in [0.3, 0.4) is 0 Å². The molecule has 1 rings (SSSR count). The predicted molar refractivity (Wildman–Crippen MR) is 58.9 cm³/mol. The van der Waals surface area contributed by atoms with E-state index in [1.165, 1.54) is 0 Å². The average Bonchev–Trinajstić information content (AvgIpc) is 2.25. The lowest BCUT2D eigenvalue weighted by Crippen LogP contribution is -1.99. The van der Waals surface area contributed by atoms with Gasteiger partial charge in [-0.3, -0.25) is 0 Å². The normalized spacial score (nSPS) is 9.86. The zero-order valence-corrected chi connectivity index (χ0v) is 9.22. The number of alkyl halides is 2. The van der Waals surface area contributed by atoms with Gasteiger partial charge in [0.15, 0.2) is 0 Å². The van der Waals surface area contributed by atoms with Gasteiger partial charge in [0.05, 0.1) is 11.8 Å². The van der Waals surface area contributed by atoms with Crippen LogP contribution in [0.1, 0.15) is 0 Å². The van der Waals surface area contributed by atoms with Gasteiger partial charge >= 0.3 is 0 Å². The van der Waals surface area contributed by atoms with E-state index in [9.17, 15) is 0 Å². The molecule has 0 unspecified atom stereocenters. The van der Waals surface area contributed by atoms with Crippen molar-refractivity contribution in [2.75, 3.05) is 25.0 Å². The Kier molecular flexibility index (Phi) is 5.57. The number of hydrogen-bond donors (Lipinski definition) is 0. The Bertz CT molecular complexity index is 222. The summed E-state index contributed by atoms with van der Waals surface area (Å²) in [6.07, 6.45) is 0. The number of ether oxygens (including phenoxy) is 2. The standard InChI is InChI=1S/C10H12Cl2O2/c11-5-7-13-9-1-2-10(4-3-9)14-8-6-12/h1-4H,5-8H2. The molecule has 0 bridgehead atoms. The molecule has 0 saturated carbocycles. The van der Waals surface area contributed by atoms with Gasteiger partial charge < -0.3 is 9.47 Å². The fraction of sp³-hybridized carbons (Fsp3) is 0.400. The number of hydrogen-bond acceptors (Lipinski definition) is 2. The highest BCUT2D eigenvalue weighted by molar-refractivity contribution is 6.18. The van der Waals surface area contributed by atoms with Crippen molar-refractivity contribution in [3.8, 4) is 11.5 Å². The van der Waals surface area contributed by atoms with Crippen molar-refractivity contribution >= 4 is 23.2 Å². The minimum atomic E-state index is 0.491. The van der Waals surface area contributed by atoms with Crippen LogP contribution >= 0.6 is 23.2 Å². The number of halogens is 2. The number of rotatable bonds is 6. The number of benzene rings is 1. The topological polar surface area (TPSA) is 18.5 Å². The Morgan fingerprint density at radius 1 is 0.786 bits per heavy atom. The van der Waals surface area contributed by atoms with Gasteiger partial charge in [0.25, 0.3) is 0 Å². The molecule has 1 aromatic carbocycles. The molecule has 0 aliphatic carbocycles. The second kappa shape index (κ2) is 6.80. The molecule has 0 aliphatic rings. The van der Waals surface area contributed by atoms with Crippen LogP contribution in [0.25, 0.3) is 0 Å². The van der Waals surface area contributed by atoms with Crippen molar-refractivity contribution in [3.05, 3.63) is 24.3 Å². The van der Waals surface area contributed by atoms with E-state index in [1.807, 2.05) is 24.3 Å². The summed E-state index contributed by atoms with van der Waals surface area (Å²) < 4.78 is 10.6. The van der Waals surface area contributed by atoms with E-state index in [0.29, 0.717) is 25.0 Å². The molecule has 4 heteroatoms. The highest BCUT2D eigenvalue weighted by atomic mass is 35.5. The second-order valence-corrected chi connectivity index (χ2v) is 3.30. The molecule has 0 aromatic heterocycles. The average molecular weight is 235 g/mol. The van der Waals surface area contributed by atoms with Crippen molar-refractivity contribution in [3.63, 3.8) is 0 Å². The Morgan fingerprint density at radius 2 is 1.14 bits per heavy atom. The van der Waals surface area contributed by atoms with Gasteiger partial charge in [0.2, 0.25) is 0 Å². The maximum Gasteiger partial charge on any atom is 0.119 e. The minimum absolute atomic E-state index is 0.491. The molecule has 0 aliphatic heterocycles. The molecule has 0 fully saturated rings. The molecule has 2 nitrogen and oxygen atoms in total. The van der Waals surface area contributed by atoms with Crippen LogP contribution in [-0.4, -0.2) is 25.0 Å². The van der Waals surface area contributed by atoms with Crippen LogP contribution in [-0.2, 0) is 0 Å². The fourth-order valence-electron chi connectivity index (χ4n) is 0.945. The van der Waals surface area contributed by atoms with E-state index in [2.05, 4.69) is 0 Å². The zero-order chi connectivity index (χ0) is 10.2. The highest BCUT2D eigenvalue weighted by Gasteiger charge is 1.95. The smallest absolute Gasteiger partial charge is 0.119 e. The van der Waals surface area contributed by atoms with Gasteiger partial charge in [-0.05, 0) is 24.3 Å². The van der Waals surface area contributed by atoms with Gasteiger partial charge in [0, 0.05) is 0 Å². The highest BCUT2D eigenvalue weighted by Crippen LogP contribution is 2.17. The SMILES string of the molecule is ClCCOc1ccc(OCCCl)cc1. The van der Waals surface area contributed by atoms with Crippen molar-refractivity contribution in [1.82, 2.24) is 0 Å². The van der Waals surface area contributed by atoms with Crippen LogP contribution in [0, 0.1) is 0 Å². The third kappa shape index (κ3) is 4.07. The monoisotopic (exact) mass is 234 g/mol. The van der Waals surface area contributed by atoms with Gasteiger partial charge in [-0.2, -0.15) is 0 Å². The Morgan fingerprint density at radius 3 is 1.43 bits per heavy atom. The van der Waals surface area contributed by atoms with E-state index in [-0.39, 0.29) is 0 Å². The largest absolute Gasteiger partial charge is 0.492 e. The maximum absolute atomic E-state index is 5.49. The summed E-state index contributed by atoms with van der Waals surface area (Å²) in [5, 5.41) is 0. The molecule has 0 heterocycles. The molecule has 0 saturated heterocycles. The van der Waals surface area contributed by atoms with E-state index >= 15 is 0 Å². The van der Waals surface area contributed by atoms with Gasteiger partial charge in [-0.25, -0.2) is 0 Å². The molecule has 0 amide bonds. The molecule has 0 radical (unpaired) electrons. The Labute approximate surface area is 93.7 Å². The molecule has 0 atom stereocenters. The van der Waals surface area contributed by atoms with Gasteiger partial charge in [-0.15, -0.1) is 23.2 Å². The molecule has 14 heavy (non-hydrogen) atoms. The fourth-order valence-corrected chi connectivity index (χ4v) is 1.10. The van der Waals surface area contributed by atoms with E-state index in [4.69, 9.17) is 32.7 Å². The third-order valence-electron chi connectivity index (χ3n) is 1.52. The van der Waals surface area contributed by atoms with Crippen LogP contribution in [0.5, 0.6) is 11.5 Å². The van der Waals surface area contributed by atoms with Crippen molar-refractivity contribution < 1.29 is 9.47 Å². The summed E-state index contributed by atoms with van der Waals surface area (Å²) in [6.45, 7) is 1.03. The lowest BCUT2D eigenvalue weighted by Gasteiger charge is -2.06. The summed E-state index contributed by atoms with van der Waals surface area (Å²) in [5.41, 5.74) is 0. The van der Waals surface area contributed by atoms with Crippen LogP contribution < -0.4 is 9.47 Å². The lowest BCUT2D eigenvalue weighted by molar-refractivity contribution is 0.333. The quantitative estimate of drug-likeness (QED) is 0.706. The molecule has 0 spiro atoms. The van der Waals surface area contributed by atoms with Gasteiger partial charge in [0.1, 0.15) is 24.7 Å². The Hall–Kier alpha value is -0.600. The molecule has 1 aromatic rings. The second-order valence-electron chi connectivity index (χ2n) is 2.55. The van der Waals surface area contributed by atoms with Crippen molar-refractivity contribution in [2.45, 2.75) is 0 Å². The first kappa shape index (κ1) is 11.5. The lowest BCUT2D eigenvalue weighted by atomic mass is 10.3. The summed E-state index contributed by atoms with van der Waals surface area (Å²) in [4.78, 5) is 0. The van der Waals surface area contributed by atoms with Crippen LogP contribution in [0.15, 0.2) is 24.3 Å². The van der Waals surface area contributed by atoms with Crippen molar-refractivity contribution in [2.24, 2.45) is 0 Å². The molecule has 78 valence electrons. The third-order valence-corrected chi connectivity index (χ3v) is 1.82. The summed E-state index contributed by atoms with van der Waals surface area (Å²) in [7, 11) is 0. The first-order chi connectivity index (χ1) is 6.86. The summed E-state index contributed by atoms with van der Waals surface area (Å²) in [5.74, 6) is 2.57. The summed E-state index contributed by atoms with van der Waals surface area (Å²) in [6, 6.07) is 7.37. The maximum atomic E-state index is 5.49. The Balaban J connectivity index is 2.42. The molecular formula is C10H12Cl2O2. The van der Waals surface area contributed by atoms with E-state index in [1.54, 1.807) is 0 Å².